The van der Waals surface area contributed by atoms with E-state index in [1.54, 1.807) is 0 Å². The van der Waals surface area contributed by atoms with Gasteiger partial charge in [-0.2, -0.15) is 0 Å². The Labute approximate surface area is 188 Å². The quantitative estimate of drug-likeness (QED) is 0.263. The number of pyridine rings is 1. The molecule has 0 saturated heterocycles. The van der Waals surface area contributed by atoms with E-state index < -0.39 is 0 Å². The van der Waals surface area contributed by atoms with Gasteiger partial charge in [-0.25, -0.2) is 9.78 Å². The van der Waals surface area contributed by atoms with Gasteiger partial charge in [0, 0.05) is 15.4 Å². The van der Waals surface area contributed by atoms with Crippen molar-refractivity contribution in [1.29, 1.82) is 0 Å². The van der Waals surface area contributed by atoms with Crippen molar-refractivity contribution in [3.05, 3.63) is 113 Å². The first-order chi connectivity index (χ1) is 15.2. The molecule has 31 heavy (non-hydrogen) atoms. The van der Waals surface area contributed by atoms with Gasteiger partial charge in [0.05, 0.1) is 16.8 Å². The molecule has 0 bridgehead atoms. The molecule has 0 radical (unpaired) electrons. The first-order valence-electron chi connectivity index (χ1n) is 9.98. The fraction of sp³-hybridized carbons (Fsp3) is 0.0370. The van der Waals surface area contributed by atoms with E-state index in [2.05, 4.69) is 34.1 Å². The molecule has 0 aliphatic heterocycles. The van der Waals surface area contributed by atoms with Crippen LogP contribution in [0.15, 0.2) is 102 Å². The Bertz CT molecular complexity index is 1410. The number of hydrogen-bond acceptors (Lipinski definition) is 3. The van der Waals surface area contributed by atoms with Crippen LogP contribution in [0.1, 0.15) is 15.9 Å². The maximum atomic E-state index is 13.1. The van der Waals surface area contributed by atoms with Crippen LogP contribution in [-0.2, 0) is 11.3 Å². The number of ether oxygens (including phenoxy) is 1. The molecular weight excluding hydrogens is 450 g/mol. The first-order valence-corrected chi connectivity index (χ1v) is 10.8. The zero-order valence-electron chi connectivity index (χ0n) is 16.6. The predicted octanol–water partition coefficient (Wildman–Crippen LogP) is 7.17. The SMILES string of the molecule is O=C(OCc1ccc(Br)cc1)c1cc(-c2cccc3ccccc23)nc2ccccc12. The van der Waals surface area contributed by atoms with Gasteiger partial charge in [-0.05, 0) is 40.6 Å². The molecule has 5 aromatic rings. The van der Waals surface area contributed by atoms with E-state index in [1.807, 2.05) is 78.9 Å². The summed E-state index contributed by atoms with van der Waals surface area (Å²) in [5, 5.41) is 3.02. The highest BCUT2D eigenvalue weighted by Gasteiger charge is 2.16. The molecule has 150 valence electrons. The third-order valence-corrected chi connectivity index (χ3v) is 5.81. The van der Waals surface area contributed by atoms with Crippen LogP contribution < -0.4 is 0 Å². The smallest absolute Gasteiger partial charge is 0.339 e. The lowest BCUT2D eigenvalue weighted by Crippen LogP contribution is -2.07. The lowest BCUT2D eigenvalue weighted by atomic mass is 9.99. The fourth-order valence-electron chi connectivity index (χ4n) is 3.74. The van der Waals surface area contributed by atoms with Gasteiger partial charge < -0.3 is 4.74 Å². The molecular formula is C27H18BrNO2. The van der Waals surface area contributed by atoms with Gasteiger partial charge in [0.25, 0.3) is 0 Å². The summed E-state index contributed by atoms with van der Waals surface area (Å²) in [6.45, 7) is 0.215. The monoisotopic (exact) mass is 467 g/mol. The van der Waals surface area contributed by atoms with Crippen LogP contribution in [-0.4, -0.2) is 11.0 Å². The first kappa shape index (κ1) is 19.5. The second kappa shape index (κ2) is 8.32. The molecule has 0 fully saturated rings. The Kier molecular flexibility index (Phi) is 5.23. The number of esters is 1. The van der Waals surface area contributed by atoms with Crippen LogP contribution in [0, 0.1) is 0 Å². The lowest BCUT2D eigenvalue weighted by molar-refractivity contribution is 0.0475. The van der Waals surface area contributed by atoms with Crippen LogP contribution in [0.5, 0.6) is 0 Å². The van der Waals surface area contributed by atoms with E-state index in [0.29, 0.717) is 5.56 Å². The third-order valence-electron chi connectivity index (χ3n) is 5.28. The molecule has 0 amide bonds. The molecule has 0 unspecified atom stereocenters. The van der Waals surface area contributed by atoms with Gasteiger partial charge in [0.15, 0.2) is 0 Å². The average molecular weight is 468 g/mol. The standard InChI is InChI=1S/C27H18BrNO2/c28-20-14-12-18(13-15-20)17-31-27(30)24-16-26(29-25-11-4-3-9-23(24)25)22-10-5-7-19-6-1-2-8-21(19)22/h1-16H,17H2. The van der Waals surface area contributed by atoms with Crippen molar-refractivity contribution in [1.82, 2.24) is 4.98 Å². The minimum atomic E-state index is -0.358. The topological polar surface area (TPSA) is 39.2 Å². The molecule has 1 aromatic heterocycles. The zero-order chi connectivity index (χ0) is 21.2. The zero-order valence-corrected chi connectivity index (χ0v) is 18.2. The van der Waals surface area contributed by atoms with Crippen molar-refractivity contribution in [2.45, 2.75) is 6.61 Å². The second-order valence-corrected chi connectivity index (χ2v) is 8.22. The molecule has 0 aliphatic rings. The molecule has 5 rings (SSSR count). The number of benzene rings is 4. The Morgan fingerprint density at radius 3 is 2.35 bits per heavy atom. The summed E-state index contributed by atoms with van der Waals surface area (Å²) in [6.07, 6.45) is 0. The highest BCUT2D eigenvalue weighted by atomic mass is 79.9. The van der Waals surface area contributed by atoms with Gasteiger partial charge in [-0.3, -0.25) is 0 Å². The molecule has 0 atom stereocenters. The lowest BCUT2D eigenvalue weighted by Gasteiger charge is -2.12. The number of para-hydroxylation sites is 1. The van der Waals surface area contributed by atoms with E-state index in [1.165, 1.54) is 0 Å². The number of hydrogen-bond donors (Lipinski definition) is 0. The molecule has 4 heteroatoms. The van der Waals surface area contributed by atoms with Crippen LogP contribution >= 0.6 is 15.9 Å². The minimum Gasteiger partial charge on any atom is -0.457 e. The Balaban J connectivity index is 1.57. The normalized spacial score (nSPS) is 11.0. The maximum Gasteiger partial charge on any atom is 0.339 e. The fourth-order valence-corrected chi connectivity index (χ4v) is 4.00. The van der Waals surface area contributed by atoms with E-state index >= 15 is 0 Å². The Hall–Kier alpha value is -3.50. The van der Waals surface area contributed by atoms with Crippen molar-refractivity contribution in [2.75, 3.05) is 0 Å². The van der Waals surface area contributed by atoms with Gasteiger partial charge in [-0.15, -0.1) is 0 Å². The highest BCUT2D eigenvalue weighted by molar-refractivity contribution is 9.10. The molecule has 0 saturated carbocycles. The summed E-state index contributed by atoms with van der Waals surface area (Å²) < 4.78 is 6.65. The number of aromatic nitrogens is 1. The number of halogens is 1. The number of nitrogens with zero attached hydrogens (tertiary/aromatic N) is 1. The number of carbonyl (C=O) groups is 1. The maximum absolute atomic E-state index is 13.1. The molecule has 0 N–H and O–H groups in total. The third kappa shape index (κ3) is 3.94. The summed E-state index contributed by atoms with van der Waals surface area (Å²) in [5.41, 5.74) is 3.97. The van der Waals surface area contributed by atoms with Crippen LogP contribution in [0.25, 0.3) is 32.9 Å². The number of carbonyl (C=O) groups excluding carboxylic acids is 1. The predicted molar refractivity (Wildman–Crippen MR) is 128 cm³/mol. The summed E-state index contributed by atoms with van der Waals surface area (Å²) in [5.74, 6) is -0.358. The Morgan fingerprint density at radius 1 is 0.806 bits per heavy atom. The average Bonchev–Trinajstić information content (AvgIpc) is 2.82. The highest BCUT2D eigenvalue weighted by Crippen LogP contribution is 2.31. The van der Waals surface area contributed by atoms with Gasteiger partial charge in [0.2, 0.25) is 0 Å². The van der Waals surface area contributed by atoms with Gasteiger partial charge in [-0.1, -0.05) is 88.7 Å². The summed E-state index contributed by atoms with van der Waals surface area (Å²) in [6, 6.07) is 31.6. The van der Waals surface area contributed by atoms with Crippen molar-refractivity contribution in [3.63, 3.8) is 0 Å². The van der Waals surface area contributed by atoms with Crippen molar-refractivity contribution in [3.8, 4) is 11.3 Å². The molecule has 0 spiro atoms. The molecule has 3 nitrogen and oxygen atoms in total. The van der Waals surface area contributed by atoms with Crippen molar-refractivity contribution < 1.29 is 9.53 Å². The van der Waals surface area contributed by atoms with E-state index in [9.17, 15) is 4.79 Å². The Morgan fingerprint density at radius 2 is 1.52 bits per heavy atom. The van der Waals surface area contributed by atoms with Crippen molar-refractivity contribution in [2.24, 2.45) is 0 Å². The molecule has 4 aromatic carbocycles. The largest absolute Gasteiger partial charge is 0.457 e. The van der Waals surface area contributed by atoms with Crippen LogP contribution in [0.2, 0.25) is 0 Å². The summed E-state index contributed by atoms with van der Waals surface area (Å²) >= 11 is 3.42. The minimum absolute atomic E-state index is 0.215. The van der Waals surface area contributed by atoms with E-state index in [4.69, 9.17) is 9.72 Å². The second-order valence-electron chi connectivity index (χ2n) is 7.30. The number of fused-ring (bicyclic) bond motifs is 2. The van der Waals surface area contributed by atoms with Crippen LogP contribution in [0.3, 0.4) is 0 Å². The van der Waals surface area contributed by atoms with Crippen LogP contribution in [0.4, 0.5) is 0 Å². The molecule has 1 heterocycles. The van der Waals surface area contributed by atoms with Crippen molar-refractivity contribution >= 4 is 43.6 Å². The van der Waals surface area contributed by atoms with Gasteiger partial charge in [0.1, 0.15) is 6.61 Å². The van der Waals surface area contributed by atoms with E-state index in [0.717, 1.165) is 43.0 Å². The molecule has 0 aliphatic carbocycles. The summed E-state index contributed by atoms with van der Waals surface area (Å²) in [7, 11) is 0. The van der Waals surface area contributed by atoms with Gasteiger partial charge >= 0.3 is 5.97 Å². The van der Waals surface area contributed by atoms with E-state index in [-0.39, 0.29) is 12.6 Å². The number of rotatable bonds is 4. The summed E-state index contributed by atoms with van der Waals surface area (Å²) in [4.78, 5) is 17.9.